The molecule has 0 radical (unpaired) electrons. The lowest BCUT2D eigenvalue weighted by molar-refractivity contribution is -0.143. The molecule has 0 aliphatic carbocycles. The van der Waals surface area contributed by atoms with Crippen molar-refractivity contribution in [2.75, 3.05) is 6.61 Å². The number of hydrogen-bond acceptors (Lipinski definition) is 2. The van der Waals surface area contributed by atoms with Gasteiger partial charge in [0, 0.05) is 6.42 Å². The van der Waals surface area contributed by atoms with Crippen LogP contribution in [0.5, 0.6) is 0 Å². The van der Waals surface area contributed by atoms with Crippen LogP contribution in [0, 0.1) is 5.92 Å². The van der Waals surface area contributed by atoms with Gasteiger partial charge in [0.05, 0.1) is 6.61 Å². The summed E-state index contributed by atoms with van der Waals surface area (Å²) < 4.78 is 5.44. The molecule has 0 atom stereocenters. The molecule has 0 saturated carbocycles. The Hall–Kier alpha value is -0.530. The van der Waals surface area contributed by atoms with E-state index >= 15 is 0 Å². The van der Waals surface area contributed by atoms with E-state index in [1.165, 1.54) is 173 Å². The minimum absolute atomic E-state index is 0.0274. The Balaban J connectivity index is 3.15. The van der Waals surface area contributed by atoms with Crippen LogP contribution >= 0.6 is 0 Å². The molecular weight excluding hydrogens is 464 g/mol. The van der Waals surface area contributed by atoms with E-state index in [0.29, 0.717) is 13.0 Å². The maximum Gasteiger partial charge on any atom is 0.305 e. The van der Waals surface area contributed by atoms with Crippen molar-refractivity contribution in [1.29, 1.82) is 0 Å². The van der Waals surface area contributed by atoms with Gasteiger partial charge in [-0.05, 0) is 18.8 Å². The molecule has 2 heteroatoms. The van der Waals surface area contributed by atoms with Gasteiger partial charge in [-0.1, -0.05) is 194 Å². The lowest BCUT2D eigenvalue weighted by Crippen LogP contribution is -2.05. The molecule has 0 aliphatic heterocycles. The Morgan fingerprint density at radius 1 is 0.447 bits per heavy atom. The van der Waals surface area contributed by atoms with Gasteiger partial charge in [0.25, 0.3) is 0 Å². The number of rotatable bonds is 32. The molecule has 0 N–H and O–H groups in total. The van der Waals surface area contributed by atoms with Crippen molar-refractivity contribution in [2.24, 2.45) is 5.92 Å². The lowest BCUT2D eigenvalue weighted by atomic mass is 10.0. The highest BCUT2D eigenvalue weighted by Gasteiger charge is 2.03. The van der Waals surface area contributed by atoms with Gasteiger partial charge in [-0.2, -0.15) is 0 Å². The van der Waals surface area contributed by atoms with Gasteiger partial charge >= 0.3 is 5.97 Å². The SMILES string of the molecule is CCCCCCCCCCCCCCCCCC(=O)OCCCCCCCCCCCCCCCC(C)C. The summed E-state index contributed by atoms with van der Waals surface area (Å²) in [6, 6.07) is 0. The van der Waals surface area contributed by atoms with Gasteiger partial charge in [-0.3, -0.25) is 4.79 Å². The van der Waals surface area contributed by atoms with Crippen molar-refractivity contribution in [1.82, 2.24) is 0 Å². The molecule has 228 valence electrons. The minimum atomic E-state index is 0.0274. The first-order valence-electron chi connectivity index (χ1n) is 17.8. The molecule has 0 saturated heterocycles. The van der Waals surface area contributed by atoms with E-state index in [9.17, 15) is 4.79 Å². The molecule has 0 aliphatic rings. The summed E-state index contributed by atoms with van der Waals surface area (Å²) in [5, 5.41) is 0. The van der Waals surface area contributed by atoms with Crippen molar-refractivity contribution in [2.45, 2.75) is 213 Å². The Morgan fingerprint density at radius 3 is 1.13 bits per heavy atom. The van der Waals surface area contributed by atoms with Gasteiger partial charge in [0.2, 0.25) is 0 Å². The minimum Gasteiger partial charge on any atom is -0.466 e. The third kappa shape index (κ3) is 33.5. The van der Waals surface area contributed by atoms with Crippen LogP contribution < -0.4 is 0 Å². The number of esters is 1. The second kappa shape index (κ2) is 32.7. The Morgan fingerprint density at radius 2 is 0.763 bits per heavy atom. The molecule has 0 aromatic carbocycles. The zero-order valence-corrected chi connectivity index (χ0v) is 26.8. The highest BCUT2D eigenvalue weighted by atomic mass is 16.5. The van der Waals surface area contributed by atoms with Gasteiger partial charge < -0.3 is 4.74 Å². The van der Waals surface area contributed by atoms with Crippen molar-refractivity contribution < 1.29 is 9.53 Å². The number of hydrogen-bond donors (Lipinski definition) is 0. The van der Waals surface area contributed by atoms with Gasteiger partial charge in [0.1, 0.15) is 0 Å². The fourth-order valence-corrected chi connectivity index (χ4v) is 5.50. The summed E-state index contributed by atoms with van der Waals surface area (Å²) in [4.78, 5) is 11.9. The van der Waals surface area contributed by atoms with Crippen molar-refractivity contribution in [3.8, 4) is 0 Å². The number of carbonyl (C=O) groups is 1. The van der Waals surface area contributed by atoms with E-state index in [2.05, 4.69) is 20.8 Å². The maximum atomic E-state index is 11.9. The zero-order valence-electron chi connectivity index (χ0n) is 26.8. The standard InChI is InChI=1S/C36H72O2/c1-4-5-6-7-8-9-10-11-12-15-18-21-24-27-30-33-36(37)38-34-31-28-25-22-19-16-13-14-17-20-23-26-29-32-35(2)3/h35H,4-34H2,1-3H3. The summed E-state index contributed by atoms with van der Waals surface area (Å²) in [5.74, 6) is 0.901. The van der Waals surface area contributed by atoms with Crippen molar-refractivity contribution in [3.63, 3.8) is 0 Å². The molecule has 0 bridgehead atoms. The quantitative estimate of drug-likeness (QED) is 0.0631. The van der Waals surface area contributed by atoms with E-state index in [0.717, 1.165) is 18.8 Å². The van der Waals surface area contributed by atoms with Crippen LogP contribution in [-0.2, 0) is 9.53 Å². The normalized spacial score (nSPS) is 11.5. The molecule has 0 fully saturated rings. The predicted octanol–water partition coefficient (Wildman–Crippen LogP) is 12.9. The maximum absolute atomic E-state index is 11.9. The molecule has 0 spiro atoms. The average Bonchev–Trinajstić information content (AvgIpc) is 2.90. The van der Waals surface area contributed by atoms with Crippen LogP contribution in [0.15, 0.2) is 0 Å². The first-order valence-corrected chi connectivity index (χ1v) is 17.8. The smallest absolute Gasteiger partial charge is 0.305 e. The van der Waals surface area contributed by atoms with Crippen molar-refractivity contribution >= 4 is 5.97 Å². The molecule has 0 rings (SSSR count). The van der Waals surface area contributed by atoms with Crippen LogP contribution in [0.1, 0.15) is 213 Å². The van der Waals surface area contributed by atoms with E-state index in [4.69, 9.17) is 4.74 Å². The third-order valence-electron chi connectivity index (χ3n) is 8.17. The third-order valence-corrected chi connectivity index (χ3v) is 8.17. The zero-order chi connectivity index (χ0) is 27.8. The Kier molecular flexibility index (Phi) is 32.2. The van der Waals surface area contributed by atoms with Gasteiger partial charge in [-0.25, -0.2) is 0 Å². The fourth-order valence-electron chi connectivity index (χ4n) is 5.50. The highest BCUT2D eigenvalue weighted by molar-refractivity contribution is 5.69. The Bertz CT molecular complexity index is 445. The monoisotopic (exact) mass is 537 g/mol. The van der Waals surface area contributed by atoms with Crippen LogP contribution in [-0.4, -0.2) is 12.6 Å². The fraction of sp³-hybridized carbons (Fsp3) is 0.972. The van der Waals surface area contributed by atoms with Gasteiger partial charge in [0.15, 0.2) is 0 Å². The average molecular weight is 537 g/mol. The predicted molar refractivity (Wildman–Crippen MR) is 170 cm³/mol. The van der Waals surface area contributed by atoms with E-state index in [1.807, 2.05) is 0 Å². The number of carbonyl (C=O) groups excluding carboxylic acids is 1. The topological polar surface area (TPSA) is 26.3 Å². The molecule has 0 aromatic heterocycles. The number of ether oxygens (including phenoxy) is 1. The summed E-state index contributed by atoms with van der Waals surface area (Å²) in [6.45, 7) is 7.58. The van der Waals surface area contributed by atoms with Crippen LogP contribution in [0.2, 0.25) is 0 Å². The summed E-state index contributed by atoms with van der Waals surface area (Å²) >= 11 is 0. The molecule has 0 amide bonds. The first-order chi connectivity index (χ1) is 18.7. The van der Waals surface area contributed by atoms with Crippen LogP contribution in [0.4, 0.5) is 0 Å². The summed E-state index contributed by atoms with van der Waals surface area (Å²) in [6.07, 6.45) is 40.2. The second-order valence-electron chi connectivity index (χ2n) is 12.7. The number of unbranched alkanes of at least 4 members (excludes halogenated alkanes) is 26. The molecule has 0 heterocycles. The second-order valence-corrected chi connectivity index (χ2v) is 12.7. The van der Waals surface area contributed by atoms with Crippen LogP contribution in [0.3, 0.4) is 0 Å². The Labute approximate surface area is 241 Å². The first kappa shape index (κ1) is 37.5. The summed E-state index contributed by atoms with van der Waals surface area (Å²) in [5.41, 5.74) is 0. The molecule has 0 unspecified atom stereocenters. The van der Waals surface area contributed by atoms with E-state index in [1.54, 1.807) is 0 Å². The summed E-state index contributed by atoms with van der Waals surface area (Å²) in [7, 11) is 0. The van der Waals surface area contributed by atoms with Gasteiger partial charge in [-0.15, -0.1) is 0 Å². The van der Waals surface area contributed by atoms with Crippen molar-refractivity contribution in [3.05, 3.63) is 0 Å². The molecule has 0 aromatic rings. The van der Waals surface area contributed by atoms with Crippen LogP contribution in [0.25, 0.3) is 0 Å². The molecular formula is C36H72O2. The highest BCUT2D eigenvalue weighted by Crippen LogP contribution is 2.16. The molecule has 38 heavy (non-hydrogen) atoms. The lowest BCUT2D eigenvalue weighted by Gasteiger charge is -2.06. The largest absolute Gasteiger partial charge is 0.466 e. The van der Waals surface area contributed by atoms with E-state index < -0.39 is 0 Å². The molecule has 2 nitrogen and oxygen atoms in total. The van der Waals surface area contributed by atoms with E-state index in [-0.39, 0.29) is 5.97 Å².